The predicted molar refractivity (Wildman–Crippen MR) is 65.5 cm³/mol. The summed E-state index contributed by atoms with van der Waals surface area (Å²) < 4.78 is 5.19. The van der Waals surface area contributed by atoms with Crippen LogP contribution in [0.15, 0.2) is 27.6 Å². The fourth-order valence-corrected chi connectivity index (χ4v) is 2.96. The van der Waals surface area contributed by atoms with E-state index >= 15 is 0 Å². The van der Waals surface area contributed by atoms with Crippen molar-refractivity contribution < 1.29 is 0 Å². The van der Waals surface area contributed by atoms with Crippen LogP contribution in [0.4, 0.5) is 0 Å². The molecule has 2 aromatic heterocycles. The first-order valence-corrected chi connectivity index (χ1v) is 6.57. The molecule has 0 aliphatic heterocycles. The Morgan fingerprint density at radius 2 is 2.38 bits per heavy atom. The molecule has 0 bridgehead atoms. The van der Waals surface area contributed by atoms with Gasteiger partial charge >= 0.3 is 0 Å². The zero-order valence-corrected chi connectivity index (χ0v) is 10.5. The molecule has 0 spiro atoms. The maximum Gasteiger partial charge on any atom is 0.174 e. The molecule has 84 valence electrons. The molecule has 0 fully saturated rings. The lowest BCUT2D eigenvalue weighted by Crippen LogP contribution is -2.00. The molecule has 4 nitrogen and oxygen atoms in total. The van der Waals surface area contributed by atoms with Crippen LogP contribution >= 0.6 is 23.3 Å². The van der Waals surface area contributed by atoms with Gasteiger partial charge in [-0.1, -0.05) is 18.7 Å². The molecule has 0 atom stereocenters. The first-order chi connectivity index (χ1) is 7.83. The van der Waals surface area contributed by atoms with Crippen molar-refractivity contribution in [2.75, 3.05) is 0 Å². The molecule has 0 radical (unpaired) electrons. The summed E-state index contributed by atoms with van der Waals surface area (Å²) in [6, 6.07) is 3.91. The molecule has 0 unspecified atom stereocenters. The van der Waals surface area contributed by atoms with Crippen LogP contribution in [-0.2, 0) is 13.0 Å². The van der Waals surface area contributed by atoms with Crippen molar-refractivity contribution in [2.45, 2.75) is 29.1 Å². The molecule has 0 aromatic carbocycles. The summed E-state index contributed by atoms with van der Waals surface area (Å²) in [5.74, 6) is 0.894. The van der Waals surface area contributed by atoms with Crippen LogP contribution in [0.5, 0.6) is 0 Å². The normalized spacial score (nSPS) is 10.6. The standard InChI is InChI=1S/C10H12N4S2/c1-2-9-13-10(16-14-9)15-8-4-3-5-12-7(8)6-11/h3-5H,2,6,11H2,1H3. The average molecular weight is 252 g/mol. The molecule has 2 heterocycles. The van der Waals surface area contributed by atoms with Crippen molar-refractivity contribution in [3.05, 3.63) is 29.8 Å². The Bertz CT molecular complexity index is 469. The Morgan fingerprint density at radius 1 is 1.50 bits per heavy atom. The lowest BCUT2D eigenvalue weighted by atomic mass is 10.3. The van der Waals surface area contributed by atoms with Gasteiger partial charge in [0.05, 0.1) is 5.69 Å². The third-order valence-electron chi connectivity index (χ3n) is 2.00. The second kappa shape index (κ2) is 5.38. The number of pyridine rings is 1. The molecule has 2 N–H and O–H groups in total. The molecule has 0 aliphatic carbocycles. The van der Waals surface area contributed by atoms with Crippen molar-refractivity contribution in [3.8, 4) is 0 Å². The summed E-state index contributed by atoms with van der Waals surface area (Å²) >= 11 is 3.00. The summed E-state index contributed by atoms with van der Waals surface area (Å²) in [6.45, 7) is 2.49. The van der Waals surface area contributed by atoms with E-state index in [1.807, 2.05) is 19.1 Å². The molecule has 16 heavy (non-hydrogen) atoms. The van der Waals surface area contributed by atoms with Gasteiger partial charge in [0.1, 0.15) is 5.82 Å². The Kier molecular flexibility index (Phi) is 3.87. The van der Waals surface area contributed by atoms with E-state index in [1.165, 1.54) is 11.5 Å². The van der Waals surface area contributed by atoms with Crippen LogP contribution in [-0.4, -0.2) is 14.3 Å². The Hall–Kier alpha value is -0.980. The van der Waals surface area contributed by atoms with Gasteiger partial charge in [-0.15, -0.1) is 0 Å². The topological polar surface area (TPSA) is 64.7 Å². The van der Waals surface area contributed by atoms with Gasteiger partial charge in [0.25, 0.3) is 0 Å². The molecule has 2 rings (SSSR count). The third kappa shape index (κ3) is 2.58. The number of nitrogens with two attached hydrogens (primary N) is 1. The van der Waals surface area contributed by atoms with Crippen molar-refractivity contribution in [1.82, 2.24) is 14.3 Å². The molecular weight excluding hydrogens is 240 g/mol. The minimum Gasteiger partial charge on any atom is -0.325 e. The fraction of sp³-hybridized carbons (Fsp3) is 0.300. The minimum absolute atomic E-state index is 0.447. The van der Waals surface area contributed by atoms with Crippen LogP contribution in [0.1, 0.15) is 18.4 Å². The van der Waals surface area contributed by atoms with Crippen molar-refractivity contribution >= 4 is 23.3 Å². The minimum atomic E-state index is 0.447. The van der Waals surface area contributed by atoms with Crippen molar-refractivity contribution in [3.63, 3.8) is 0 Å². The fourth-order valence-electron chi connectivity index (χ4n) is 1.19. The van der Waals surface area contributed by atoms with E-state index in [2.05, 4.69) is 14.3 Å². The zero-order valence-electron chi connectivity index (χ0n) is 8.88. The van der Waals surface area contributed by atoms with Crippen LogP contribution in [0.2, 0.25) is 0 Å². The van der Waals surface area contributed by atoms with Gasteiger partial charge in [-0.3, -0.25) is 4.98 Å². The highest BCUT2D eigenvalue weighted by Crippen LogP contribution is 2.30. The van der Waals surface area contributed by atoms with Crippen molar-refractivity contribution in [2.24, 2.45) is 5.73 Å². The smallest absolute Gasteiger partial charge is 0.174 e. The number of hydrogen-bond acceptors (Lipinski definition) is 6. The molecule has 2 aromatic rings. The average Bonchev–Trinajstić information content (AvgIpc) is 2.77. The van der Waals surface area contributed by atoms with Crippen LogP contribution < -0.4 is 5.73 Å². The number of aryl methyl sites for hydroxylation is 1. The van der Waals surface area contributed by atoms with Crippen LogP contribution in [0.25, 0.3) is 0 Å². The zero-order chi connectivity index (χ0) is 11.4. The Balaban J connectivity index is 2.19. The number of rotatable bonds is 4. The van der Waals surface area contributed by atoms with Gasteiger partial charge in [-0.25, -0.2) is 4.98 Å². The Labute approximate surface area is 102 Å². The van der Waals surface area contributed by atoms with Gasteiger partial charge in [-0.2, -0.15) is 4.37 Å². The highest BCUT2D eigenvalue weighted by atomic mass is 32.2. The predicted octanol–water partition coefficient (Wildman–Crippen LogP) is 2.11. The first-order valence-electron chi connectivity index (χ1n) is 4.98. The van der Waals surface area contributed by atoms with Crippen LogP contribution in [0, 0.1) is 0 Å². The van der Waals surface area contributed by atoms with Gasteiger partial charge in [-0.05, 0) is 23.7 Å². The highest BCUT2D eigenvalue weighted by Gasteiger charge is 2.08. The van der Waals surface area contributed by atoms with E-state index in [9.17, 15) is 0 Å². The summed E-state index contributed by atoms with van der Waals surface area (Å²) in [5.41, 5.74) is 6.53. The van der Waals surface area contributed by atoms with Gasteiger partial charge in [0.15, 0.2) is 4.34 Å². The van der Waals surface area contributed by atoms with Gasteiger partial charge < -0.3 is 5.73 Å². The maximum absolute atomic E-state index is 5.63. The summed E-state index contributed by atoms with van der Waals surface area (Å²) in [5, 5.41) is 0. The van der Waals surface area contributed by atoms with Crippen molar-refractivity contribution in [1.29, 1.82) is 0 Å². The summed E-state index contributed by atoms with van der Waals surface area (Å²) in [7, 11) is 0. The second-order valence-corrected chi connectivity index (χ2v) is 5.13. The van der Waals surface area contributed by atoms with E-state index < -0.39 is 0 Å². The Morgan fingerprint density at radius 3 is 3.06 bits per heavy atom. The largest absolute Gasteiger partial charge is 0.325 e. The number of aromatic nitrogens is 3. The highest BCUT2D eigenvalue weighted by molar-refractivity contribution is 8.01. The lowest BCUT2D eigenvalue weighted by Gasteiger charge is -2.02. The van der Waals surface area contributed by atoms with E-state index in [0.29, 0.717) is 6.54 Å². The number of hydrogen-bond donors (Lipinski definition) is 1. The SMILES string of the molecule is CCc1nsc(Sc2cccnc2CN)n1. The molecule has 6 heteroatoms. The molecular formula is C10H12N4S2. The molecule has 0 saturated carbocycles. The van der Waals surface area contributed by atoms with Crippen LogP contribution in [0.3, 0.4) is 0 Å². The van der Waals surface area contributed by atoms with E-state index in [0.717, 1.165) is 27.2 Å². The van der Waals surface area contributed by atoms with Gasteiger partial charge in [0.2, 0.25) is 0 Å². The monoisotopic (exact) mass is 252 g/mol. The molecule has 0 amide bonds. The summed E-state index contributed by atoms with van der Waals surface area (Å²) in [6.07, 6.45) is 2.62. The second-order valence-electron chi connectivity index (χ2n) is 3.08. The quantitative estimate of drug-likeness (QED) is 0.902. The maximum atomic E-state index is 5.63. The lowest BCUT2D eigenvalue weighted by molar-refractivity contribution is 0.940. The molecule has 0 saturated heterocycles. The first kappa shape index (κ1) is 11.5. The third-order valence-corrected chi connectivity index (χ3v) is 3.89. The van der Waals surface area contributed by atoms with E-state index in [-0.39, 0.29) is 0 Å². The molecule has 0 aliphatic rings. The van der Waals surface area contributed by atoms with E-state index in [4.69, 9.17) is 5.73 Å². The number of nitrogens with zero attached hydrogens (tertiary/aromatic N) is 3. The van der Waals surface area contributed by atoms with E-state index in [1.54, 1.807) is 18.0 Å². The summed E-state index contributed by atoms with van der Waals surface area (Å²) in [4.78, 5) is 9.69. The van der Waals surface area contributed by atoms with Gasteiger partial charge in [0, 0.05) is 24.1 Å².